The SMILES string of the molecule is Cc1cc(C)cc(OCCC(=O)NNC(=O)c2cnccn2)c1. The highest BCUT2D eigenvalue weighted by molar-refractivity contribution is 5.93. The molecule has 7 heteroatoms. The average molecular weight is 314 g/mol. The van der Waals surface area contributed by atoms with Crippen molar-refractivity contribution in [3.63, 3.8) is 0 Å². The molecule has 1 heterocycles. The van der Waals surface area contributed by atoms with Gasteiger partial charge in [-0.2, -0.15) is 0 Å². The molecule has 0 unspecified atom stereocenters. The summed E-state index contributed by atoms with van der Waals surface area (Å²) in [6, 6.07) is 5.85. The molecule has 0 bridgehead atoms. The van der Waals surface area contributed by atoms with Crippen molar-refractivity contribution in [2.24, 2.45) is 0 Å². The van der Waals surface area contributed by atoms with Gasteiger partial charge in [0.25, 0.3) is 5.91 Å². The van der Waals surface area contributed by atoms with E-state index in [4.69, 9.17) is 4.74 Å². The minimum Gasteiger partial charge on any atom is -0.493 e. The number of ether oxygens (including phenoxy) is 1. The van der Waals surface area contributed by atoms with E-state index in [2.05, 4.69) is 20.8 Å². The van der Waals surface area contributed by atoms with Crippen LogP contribution < -0.4 is 15.6 Å². The van der Waals surface area contributed by atoms with Gasteiger partial charge in [0.1, 0.15) is 11.4 Å². The summed E-state index contributed by atoms with van der Waals surface area (Å²) in [6.07, 6.45) is 4.28. The van der Waals surface area contributed by atoms with E-state index < -0.39 is 5.91 Å². The van der Waals surface area contributed by atoms with Crippen molar-refractivity contribution in [1.29, 1.82) is 0 Å². The predicted molar refractivity (Wildman–Crippen MR) is 83.7 cm³/mol. The molecule has 2 N–H and O–H groups in total. The fourth-order valence-corrected chi connectivity index (χ4v) is 1.95. The second-order valence-electron chi connectivity index (χ2n) is 5.01. The highest BCUT2D eigenvalue weighted by atomic mass is 16.5. The van der Waals surface area contributed by atoms with E-state index in [9.17, 15) is 9.59 Å². The van der Waals surface area contributed by atoms with Crippen LogP contribution in [0.4, 0.5) is 0 Å². The maximum atomic E-state index is 11.7. The number of aryl methyl sites for hydroxylation is 2. The van der Waals surface area contributed by atoms with Crippen molar-refractivity contribution < 1.29 is 14.3 Å². The standard InChI is InChI=1S/C16H18N4O3/c1-11-7-12(2)9-13(8-11)23-6-3-15(21)19-20-16(22)14-10-17-4-5-18-14/h4-5,7-10H,3,6H2,1-2H3,(H,19,21)(H,20,22). The molecule has 120 valence electrons. The summed E-state index contributed by atoms with van der Waals surface area (Å²) < 4.78 is 5.53. The zero-order valence-electron chi connectivity index (χ0n) is 13.0. The molecule has 0 aliphatic carbocycles. The van der Waals surface area contributed by atoms with Crippen LogP contribution in [0.3, 0.4) is 0 Å². The van der Waals surface area contributed by atoms with Crippen molar-refractivity contribution in [3.05, 3.63) is 53.6 Å². The van der Waals surface area contributed by atoms with Crippen LogP contribution >= 0.6 is 0 Å². The molecular weight excluding hydrogens is 296 g/mol. The van der Waals surface area contributed by atoms with Gasteiger partial charge >= 0.3 is 0 Å². The number of hydrogen-bond acceptors (Lipinski definition) is 5. The van der Waals surface area contributed by atoms with Gasteiger partial charge in [-0.15, -0.1) is 0 Å². The van der Waals surface area contributed by atoms with E-state index in [0.29, 0.717) is 0 Å². The fraction of sp³-hybridized carbons (Fsp3) is 0.250. The lowest BCUT2D eigenvalue weighted by atomic mass is 10.1. The highest BCUT2D eigenvalue weighted by Crippen LogP contribution is 2.16. The summed E-state index contributed by atoms with van der Waals surface area (Å²) in [5.41, 5.74) is 6.89. The van der Waals surface area contributed by atoms with Crippen LogP contribution in [0.2, 0.25) is 0 Å². The van der Waals surface area contributed by atoms with Gasteiger partial charge in [-0.1, -0.05) is 6.07 Å². The Morgan fingerprint density at radius 2 is 1.83 bits per heavy atom. The Labute approximate surface area is 134 Å². The number of hydrogen-bond donors (Lipinski definition) is 2. The molecule has 0 aliphatic heterocycles. The Morgan fingerprint density at radius 1 is 1.09 bits per heavy atom. The number of aromatic nitrogens is 2. The van der Waals surface area contributed by atoms with Gasteiger partial charge in [-0.25, -0.2) is 4.98 Å². The molecule has 0 atom stereocenters. The monoisotopic (exact) mass is 314 g/mol. The van der Waals surface area contributed by atoms with Crippen LogP contribution in [0.15, 0.2) is 36.8 Å². The third kappa shape index (κ3) is 5.39. The maximum Gasteiger partial charge on any atom is 0.289 e. The second kappa shape index (κ2) is 7.88. The molecule has 2 amide bonds. The molecule has 2 rings (SSSR count). The largest absolute Gasteiger partial charge is 0.493 e. The van der Waals surface area contributed by atoms with E-state index in [1.165, 1.54) is 18.6 Å². The summed E-state index contributed by atoms with van der Waals surface area (Å²) in [7, 11) is 0. The minimum absolute atomic E-state index is 0.119. The van der Waals surface area contributed by atoms with Gasteiger partial charge in [-0.05, 0) is 37.1 Å². The molecule has 2 aromatic rings. The first-order valence-corrected chi connectivity index (χ1v) is 7.11. The number of benzene rings is 1. The van der Waals surface area contributed by atoms with Crippen molar-refractivity contribution in [2.75, 3.05) is 6.61 Å². The van der Waals surface area contributed by atoms with Gasteiger partial charge in [0.2, 0.25) is 5.91 Å². The Kier molecular flexibility index (Phi) is 5.62. The normalized spacial score (nSPS) is 10.0. The topological polar surface area (TPSA) is 93.2 Å². The first-order chi connectivity index (χ1) is 11.0. The van der Waals surface area contributed by atoms with Crippen LogP contribution in [-0.2, 0) is 4.79 Å². The van der Waals surface area contributed by atoms with Crippen molar-refractivity contribution in [2.45, 2.75) is 20.3 Å². The highest BCUT2D eigenvalue weighted by Gasteiger charge is 2.08. The first-order valence-electron chi connectivity index (χ1n) is 7.11. The smallest absolute Gasteiger partial charge is 0.289 e. The fourth-order valence-electron chi connectivity index (χ4n) is 1.95. The van der Waals surface area contributed by atoms with E-state index in [0.717, 1.165) is 16.9 Å². The summed E-state index contributed by atoms with van der Waals surface area (Å²) in [6.45, 7) is 4.18. The lowest BCUT2D eigenvalue weighted by Crippen LogP contribution is -2.42. The molecule has 23 heavy (non-hydrogen) atoms. The Bertz CT molecular complexity index is 669. The van der Waals surface area contributed by atoms with E-state index in [1.54, 1.807) is 0 Å². The minimum atomic E-state index is -0.526. The molecule has 0 spiro atoms. The van der Waals surface area contributed by atoms with Gasteiger partial charge in [-0.3, -0.25) is 25.4 Å². The van der Waals surface area contributed by atoms with Crippen LogP contribution in [0, 0.1) is 13.8 Å². The van der Waals surface area contributed by atoms with Crippen molar-refractivity contribution in [3.8, 4) is 5.75 Å². The Morgan fingerprint density at radius 3 is 2.48 bits per heavy atom. The zero-order valence-corrected chi connectivity index (χ0v) is 13.0. The number of carbonyl (C=O) groups excluding carboxylic acids is 2. The van der Waals surface area contributed by atoms with E-state index in [-0.39, 0.29) is 24.6 Å². The lowest BCUT2D eigenvalue weighted by Gasteiger charge is -2.09. The van der Waals surface area contributed by atoms with Crippen LogP contribution in [0.1, 0.15) is 28.0 Å². The molecule has 1 aromatic carbocycles. The third-order valence-electron chi connectivity index (χ3n) is 2.90. The van der Waals surface area contributed by atoms with Gasteiger partial charge in [0.15, 0.2) is 0 Å². The number of nitrogens with one attached hydrogen (secondary N) is 2. The second-order valence-corrected chi connectivity index (χ2v) is 5.01. The predicted octanol–water partition coefficient (Wildman–Crippen LogP) is 1.32. The average Bonchev–Trinajstić information content (AvgIpc) is 2.52. The summed E-state index contributed by atoms with van der Waals surface area (Å²) in [5.74, 6) is -0.160. The maximum absolute atomic E-state index is 11.7. The van der Waals surface area contributed by atoms with Gasteiger partial charge in [0.05, 0.1) is 19.2 Å². The number of amides is 2. The summed E-state index contributed by atoms with van der Waals surface area (Å²) in [5, 5.41) is 0. The number of carbonyl (C=O) groups is 2. The van der Waals surface area contributed by atoms with Crippen LogP contribution in [-0.4, -0.2) is 28.4 Å². The molecule has 0 aliphatic rings. The Balaban J connectivity index is 1.72. The number of nitrogens with zero attached hydrogens (tertiary/aromatic N) is 2. The lowest BCUT2D eigenvalue weighted by molar-refractivity contribution is -0.122. The van der Waals surface area contributed by atoms with Crippen LogP contribution in [0.25, 0.3) is 0 Å². The molecular formula is C16H18N4O3. The molecule has 0 saturated carbocycles. The zero-order chi connectivity index (χ0) is 16.7. The van der Waals surface area contributed by atoms with Gasteiger partial charge in [0, 0.05) is 12.4 Å². The number of hydrazine groups is 1. The van der Waals surface area contributed by atoms with Crippen molar-refractivity contribution in [1.82, 2.24) is 20.8 Å². The summed E-state index contributed by atoms with van der Waals surface area (Å²) in [4.78, 5) is 30.9. The number of rotatable bonds is 5. The molecule has 0 saturated heterocycles. The molecule has 1 aromatic heterocycles. The van der Waals surface area contributed by atoms with E-state index in [1.807, 2.05) is 32.0 Å². The Hall–Kier alpha value is -2.96. The molecule has 7 nitrogen and oxygen atoms in total. The molecule has 0 radical (unpaired) electrons. The molecule has 0 fully saturated rings. The third-order valence-corrected chi connectivity index (χ3v) is 2.90. The van der Waals surface area contributed by atoms with E-state index >= 15 is 0 Å². The quantitative estimate of drug-likeness (QED) is 0.812. The van der Waals surface area contributed by atoms with Crippen LogP contribution in [0.5, 0.6) is 5.75 Å². The first kappa shape index (κ1) is 16.4. The van der Waals surface area contributed by atoms with Gasteiger partial charge < -0.3 is 4.74 Å². The van der Waals surface area contributed by atoms with Crippen molar-refractivity contribution >= 4 is 11.8 Å². The summed E-state index contributed by atoms with van der Waals surface area (Å²) >= 11 is 0.